The number of ether oxygens (including phenoxy) is 3. The van der Waals surface area contributed by atoms with Crippen molar-refractivity contribution in [1.82, 2.24) is 0 Å². The van der Waals surface area contributed by atoms with E-state index in [4.69, 9.17) is 14.2 Å². The largest absolute Gasteiger partial charge is 0.393 e. The molecule has 35 heavy (non-hydrogen) atoms. The van der Waals surface area contributed by atoms with Crippen LogP contribution < -0.4 is 0 Å². The van der Waals surface area contributed by atoms with E-state index in [0.717, 1.165) is 18.4 Å². The summed E-state index contributed by atoms with van der Waals surface area (Å²) >= 11 is 0. The molecule has 0 amide bonds. The Kier molecular flexibility index (Phi) is 4.45. The van der Waals surface area contributed by atoms with Crippen molar-refractivity contribution in [2.75, 3.05) is 7.11 Å². The van der Waals surface area contributed by atoms with E-state index < -0.39 is 5.79 Å². The van der Waals surface area contributed by atoms with Gasteiger partial charge in [0.05, 0.1) is 12.2 Å². The maximum absolute atomic E-state index is 11.0. The van der Waals surface area contributed by atoms with Crippen molar-refractivity contribution in [1.29, 1.82) is 0 Å². The molecule has 196 valence electrons. The lowest BCUT2D eigenvalue weighted by molar-refractivity contribution is -0.282. The molecular weight excluding hydrogens is 436 g/mol. The van der Waals surface area contributed by atoms with Gasteiger partial charge in [-0.1, -0.05) is 41.2 Å². The van der Waals surface area contributed by atoms with Gasteiger partial charge in [-0.05, 0) is 103 Å². The zero-order valence-electron chi connectivity index (χ0n) is 23.2. The molecule has 4 heteroatoms. The summed E-state index contributed by atoms with van der Waals surface area (Å²) in [6.45, 7) is 18.7. The van der Waals surface area contributed by atoms with Gasteiger partial charge in [-0.3, -0.25) is 0 Å². The first-order valence-electron chi connectivity index (χ1n) is 14.6. The lowest BCUT2D eigenvalue weighted by Crippen LogP contribution is -2.60. The van der Waals surface area contributed by atoms with Gasteiger partial charge < -0.3 is 19.3 Å². The molecule has 1 N–H and O–H groups in total. The third-order valence-corrected chi connectivity index (χ3v) is 14.2. The first-order chi connectivity index (χ1) is 16.4. The molecule has 5 aliphatic carbocycles. The van der Waals surface area contributed by atoms with Crippen molar-refractivity contribution < 1.29 is 19.3 Å². The number of hydrogen-bond donors (Lipinski definition) is 1. The van der Waals surface area contributed by atoms with Crippen molar-refractivity contribution >= 4 is 0 Å². The number of hydrogen-bond acceptors (Lipinski definition) is 4. The van der Waals surface area contributed by atoms with Gasteiger partial charge in [-0.25, -0.2) is 0 Å². The first kappa shape index (κ1) is 23.7. The minimum atomic E-state index is -0.656. The Bertz CT molecular complexity index is 975. The predicted molar refractivity (Wildman–Crippen MR) is 136 cm³/mol. The third kappa shape index (κ3) is 2.27. The highest BCUT2D eigenvalue weighted by Gasteiger charge is 2.88. The predicted octanol–water partition coefficient (Wildman–Crippen LogP) is 6.12. The zero-order chi connectivity index (χ0) is 25.0. The molecule has 7 aliphatic rings. The fourth-order valence-corrected chi connectivity index (χ4v) is 12.9. The van der Waals surface area contributed by atoms with Crippen LogP contribution in [0.5, 0.6) is 0 Å². The summed E-state index contributed by atoms with van der Waals surface area (Å²) in [6.07, 6.45) is 9.51. The SMILES string of the molecule is C=C(C)C1OC23OC1CC(C)C2C1(C)CCC24CC25CCC(O)C(C)(C)C5CCC4C1(C)C3OC. The van der Waals surface area contributed by atoms with Crippen LogP contribution in [0.2, 0.25) is 0 Å². The fraction of sp³-hybridized carbons (Fsp3) is 0.935. The highest BCUT2D eigenvalue weighted by Crippen LogP contribution is 2.90. The Morgan fingerprint density at radius 3 is 2.34 bits per heavy atom. The molecule has 7 rings (SSSR count). The summed E-state index contributed by atoms with van der Waals surface area (Å²) in [5.74, 6) is 1.50. The molecule has 13 unspecified atom stereocenters. The number of aliphatic hydroxyl groups is 1. The summed E-state index contributed by atoms with van der Waals surface area (Å²) in [4.78, 5) is 0. The maximum atomic E-state index is 11.0. The maximum Gasteiger partial charge on any atom is 0.200 e. The van der Waals surface area contributed by atoms with Crippen LogP contribution >= 0.6 is 0 Å². The van der Waals surface area contributed by atoms with Gasteiger partial charge in [0.1, 0.15) is 12.2 Å². The second kappa shape index (κ2) is 6.58. The fourth-order valence-electron chi connectivity index (χ4n) is 12.9. The Hall–Kier alpha value is -0.420. The summed E-state index contributed by atoms with van der Waals surface area (Å²) < 4.78 is 20.7. The van der Waals surface area contributed by atoms with Gasteiger partial charge in [0.25, 0.3) is 0 Å². The molecule has 5 saturated carbocycles. The molecule has 0 aromatic heterocycles. The van der Waals surface area contributed by atoms with Crippen molar-refractivity contribution in [3.63, 3.8) is 0 Å². The summed E-state index contributed by atoms with van der Waals surface area (Å²) in [5, 5.41) is 11.0. The zero-order valence-corrected chi connectivity index (χ0v) is 23.2. The molecular formula is C31H48O4. The Morgan fingerprint density at radius 1 is 0.971 bits per heavy atom. The standard InChI is InChI=1S/C31H48O4/c1-17(2)23-19-15-18(3)24-27(6)13-14-30-16-29(30)12-11-22(32)26(4,5)20(29)9-10-21(30)28(27,7)25(33-8)31(24,34-19)35-23/h18-25,32H,1,9-16H2,2-8H3. The van der Waals surface area contributed by atoms with E-state index in [1.165, 1.54) is 38.5 Å². The van der Waals surface area contributed by atoms with Crippen LogP contribution in [0.15, 0.2) is 12.2 Å². The number of aliphatic hydroxyl groups excluding tert-OH is 1. The highest BCUT2D eigenvalue weighted by atomic mass is 16.8. The minimum absolute atomic E-state index is 0.00641. The Balaban J connectivity index is 1.35. The smallest absolute Gasteiger partial charge is 0.200 e. The molecule has 4 nitrogen and oxygen atoms in total. The third-order valence-electron chi connectivity index (χ3n) is 14.2. The van der Waals surface area contributed by atoms with Crippen molar-refractivity contribution in [3.8, 4) is 0 Å². The highest BCUT2D eigenvalue weighted by molar-refractivity contribution is 5.34. The average Bonchev–Trinajstić information content (AvgIpc) is 3.29. The van der Waals surface area contributed by atoms with Gasteiger partial charge in [-0.15, -0.1) is 0 Å². The van der Waals surface area contributed by atoms with Gasteiger partial charge in [0.15, 0.2) is 5.79 Å². The molecule has 7 fully saturated rings. The molecule has 0 aromatic rings. The lowest BCUT2D eigenvalue weighted by Gasteiger charge is -2.63. The molecule has 0 radical (unpaired) electrons. The molecule has 13 atom stereocenters. The summed E-state index contributed by atoms with van der Waals surface area (Å²) in [6, 6.07) is 0. The average molecular weight is 485 g/mol. The van der Waals surface area contributed by atoms with Crippen LogP contribution in [0, 0.1) is 50.7 Å². The second-order valence-electron chi connectivity index (χ2n) is 15.3. The summed E-state index contributed by atoms with van der Waals surface area (Å²) in [5.41, 5.74) is 2.05. The van der Waals surface area contributed by atoms with Gasteiger partial charge >= 0.3 is 0 Å². The molecule has 2 aliphatic heterocycles. The van der Waals surface area contributed by atoms with E-state index in [-0.39, 0.29) is 40.7 Å². The van der Waals surface area contributed by atoms with Gasteiger partial charge in [-0.2, -0.15) is 0 Å². The van der Waals surface area contributed by atoms with E-state index in [1.807, 2.05) is 7.11 Å². The Labute approximate surface area is 212 Å². The molecule has 2 saturated heterocycles. The van der Waals surface area contributed by atoms with Gasteiger partial charge in [0, 0.05) is 18.4 Å². The number of fused-ring (bicyclic) bond motifs is 4. The van der Waals surface area contributed by atoms with Crippen LogP contribution in [0.25, 0.3) is 0 Å². The van der Waals surface area contributed by atoms with Gasteiger partial charge in [0.2, 0.25) is 0 Å². The quantitative estimate of drug-likeness (QED) is 0.480. The molecule has 0 aromatic carbocycles. The number of methoxy groups -OCH3 is 1. The van der Waals surface area contributed by atoms with Crippen LogP contribution in [0.3, 0.4) is 0 Å². The topological polar surface area (TPSA) is 47.9 Å². The van der Waals surface area contributed by atoms with Crippen molar-refractivity contribution in [2.45, 2.75) is 123 Å². The molecule has 3 spiro atoms. The second-order valence-corrected chi connectivity index (χ2v) is 15.3. The van der Waals surface area contributed by atoms with E-state index in [9.17, 15) is 5.11 Å². The summed E-state index contributed by atoms with van der Waals surface area (Å²) in [7, 11) is 1.91. The van der Waals surface area contributed by atoms with E-state index in [2.05, 4.69) is 48.1 Å². The van der Waals surface area contributed by atoms with Crippen LogP contribution in [-0.4, -0.2) is 42.4 Å². The van der Waals surface area contributed by atoms with E-state index >= 15 is 0 Å². The van der Waals surface area contributed by atoms with Crippen LogP contribution in [0.1, 0.15) is 92.9 Å². The normalized spacial score (nSPS) is 63.3. The van der Waals surface area contributed by atoms with Crippen molar-refractivity contribution in [3.05, 3.63) is 12.2 Å². The van der Waals surface area contributed by atoms with Crippen LogP contribution in [-0.2, 0) is 14.2 Å². The first-order valence-corrected chi connectivity index (χ1v) is 14.6. The monoisotopic (exact) mass is 484 g/mol. The van der Waals surface area contributed by atoms with Crippen molar-refractivity contribution in [2.24, 2.45) is 50.7 Å². The lowest BCUT2D eigenvalue weighted by atomic mass is 9.41. The molecule has 2 heterocycles. The van der Waals surface area contributed by atoms with Crippen LogP contribution in [0.4, 0.5) is 0 Å². The molecule has 2 bridgehead atoms. The number of rotatable bonds is 2. The van der Waals surface area contributed by atoms with E-state index in [0.29, 0.717) is 34.5 Å². The minimum Gasteiger partial charge on any atom is -0.393 e. The Morgan fingerprint density at radius 2 is 1.66 bits per heavy atom. The van der Waals surface area contributed by atoms with E-state index in [1.54, 1.807) is 0 Å².